The lowest BCUT2D eigenvalue weighted by Gasteiger charge is -2.18. The van der Waals surface area contributed by atoms with Gasteiger partial charge in [0.2, 0.25) is 5.91 Å². The minimum absolute atomic E-state index is 0.361. The fourth-order valence-electron chi connectivity index (χ4n) is 1.92. The number of ether oxygens (including phenoxy) is 1. The van der Waals surface area contributed by atoms with Crippen molar-refractivity contribution in [2.24, 2.45) is 11.7 Å². The van der Waals surface area contributed by atoms with Crippen molar-refractivity contribution in [3.8, 4) is 0 Å². The van der Waals surface area contributed by atoms with E-state index < -0.39 is 5.91 Å². The molecular formula is C13H18N2O2. The quantitative estimate of drug-likeness (QED) is 0.786. The van der Waals surface area contributed by atoms with Crippen LogP contribution in [-0.4, -0.2) is 25.7 Å². The molecule has 92 valence electrons. The number of carbonyl (C=O) groups excluding carboxylic acids is 1. The number of amides is 1. The van der Waals surface area contributed by atoms with Gasteiger partial charge < -0.3 is 15.8 Å². The fraction of sp³-hybridized carbons (Fsp3) is 0.462. The Morgan fingerprint density at radius 1 is 1.47 bits per heavy atom. The molecule has 2 rings (SSSR count). The Morgan fingerprint density at radius 3 is 2.59 bits per heavy atom. The second-order valence-corrected chi connectivity index (χ2v) is 4.49. The summed E-state index contributed by atoms with van der Waals surface area (Å²) in [5, 5.41) is 3.43. The molecular weight excluding hydrogens is 216 g/mol. The zero-order valence-corrected chi connectivity index (χ0v) is 9.98. The molecule has 0 aliphatic heterocycles. The van der Waals surface area contributed by atoms with Crippen molar-refractivity contribution in [2.45, 2.75) is 18.9 Å². The van der Waals surface area contributed by atoms with Gasteiger partial charge in [-0.1, -0.05) is 0 Å². The predicted molar refractivity (Wildman–Crippen MR) is 67.0 cm³/mol. The molecule has 0 bridgehead atoms. The Kier molecular flexibility index (Phi) is 3.64. The first-order valence-corrected chi connectivity index (χ1v) is 5.86. The van der Waals surface area contributed by atoms with Crippen molar-refractivity contribution in [3.63, 3.8) is 0 Å². The summed E-state index contributed by atoms with van der Waals surface area (Å²) < 4.78 is 5.20. The van der Waals surface area contributed by atoms with Crippen LogP contribution in [0.5, 0.6) is 0 Å². The second-order valence-electron chi connectivity index (χ2n) is 4.49. The average Bonchev–Trinajstić information content (AvgIpc) is 3.13. The Hall–Kier alpha value is -1.55. The highest BCUT2D eigenvalue weighted by Crippen LogP contribution is 2.34. The number of rotatable bonds is 6. The maximum Gasteiger partial charge on any atom is 0.248 e. The molecule has 1 aromatic carbocycles. The highest BCUT2D eigenvalue weighted by Gasteiger charge is 2.30. The molecule has 0 radical (unpaired) electrons. The number of carbonyl (C=O) groups is 1. The minimum atomic E-state index is -0.396. The zero-order valence-electron chi connectivity index (χ0n) is 9.98. The molecule has 1 amide bonds. The van der Waals surface area contributed by atoms with Gasteiger partial charge in [0.15, 0.2) is 0 Å². The lowest BCUT2D eigenvalue weighted by atomic mass is 10.1. The number of hydrogen-bond acceptors (Lipinski definition) is 3. The summed E-state index contributed by atoms with van der Waals surface area (Å²) in [4.78, 5) is 10.9. The van der Waals surface area contributed by atoms with Gasteiger partial charge in [0.25, 0.3) is 0 Å². The molecule has 3 N–H and O–H groups in total. The highest BCUT2D eigenvalue weighted by molar-refractivity contribution is 5.93. The molecule has 0 saturated heterocycles. The molecule has 1 aromatic rings. The molecule has 1 aliphatic carbocycles. The Balaban J connectivity index is 1.99. The molecule has 17 heavy (non-hydrogen) atoms. The zero-order chi connectivity index (χ0) is 12.3. The smallest absolute Gasteiger partial charge is 0.248 e. The predicted octanol–water partition coefficient (Wildman–Crippen LogP) is 1.62. The first-order chi connectivity index (χ1) is 8.20. The van der Waals surface area contributed by atoms with Gasteiger partial charge in [0, 0.05) is 18.4 Å². The van der Waals surface area contributed by atoms with Crippen molar-refractivity contribution in [1.29, 1.82) is 0 Å². The van der Waals surface area contributed by atoms with Crippen LogP contribution in [0.2, 0.25) is 0 Å². The van der Waals surface area contributed by atoms with E-state index in [0.29, 0.717) is 24.1 Å². The SMILES string of the molecule is COCC(Nc1ccc(C(N)=O)cc1)C1CC1. The van der Waals surface area contributed by atoms with E-state index >= 15 is 0 Å². The van der Waals surface area contributed by atoms with Crippen LogP contribution in [-0.2, 0) is 4.74 Å². The van der Waals surface area contributed by atoms with Crippen LogP contribution >= 0.6 is 0 Å². The maximum absolute atomic E-state index is 10.9. The Labute approximate surface area is 101 Å². The highest BCUT2D eigenvalue weighted by atomic mass is 16.5. The Bertz CT molecular complexity index is 385. The molecule has 0 spiro atoms. The molecule has 1 aliphatic rings. The van der Waals surface area contributed by atoms with Crippen molar-refractivity contribution >= 4 is 11.6 Å². The summed E-state index contributed by atoms with van der Waals surface area (Å²) in [5.74, 6) is 0.318. The third-order valence-corrected chi connectivity index (χ3v) is 3.06. The maximum atomic E-state index is 10.9. The molecule has 1 atom stereocenters. The number of methoxy groups -OCH3 is 1. The topological polar surface area (TPSA) is 64.3 Å². The number of benzene rings is 1. The van der Waals surface area contributed by atoms with Gasteiger partial charge in [0.1, 0.15) is 0 Å². The summed E-state index contributed by atoms with van der Waals surface area (Å²) in [6.45, 7) is 0.711. The summed E-state index contributed by atoms with van der Waals surface area (Å²) >= 11 is 0. The van der Waals surface area contributed by atoms with E-state index in [-0.39, 0.29) is 0 Å². The van der Waals surface area contributed by atoms with Crippen LogP contribution in [0.1, 0.15) is 23.2 Å². The largest absolute Gasteiger partial charge is 0.383 e. The molecule has 4 heteroatoms. The third kappa shape index (κ3) is 3.20. The first-order valence-electron chi connectivity index (χ1n) is 5.86. The summed E-state index contributed by atoms with van der Waals surface area (Å²) in [6.07, 6.45) is 2.53. The average molecular weight is 234 g/mol. The lowest BCUT2D eigenvalue weighted by Crippen LogP contribution is -2.27. The number of nitrogens with two attached hydrogens (primary N) is 1. The van der Waals surface area contributed by atoms with E-state index in [1.807, 2.05) is 12.1 Å². The van der Waals surface area contributed by atoms with E-state index in [0.717, 1.165) is 5.69 Å². The van der Waals surface area contributed by atoms with Crippen molar-refractivity contribution < 1.29 is 9.53 Å². The van der Waals surface area contributed by atoms with E-state index in [4.69, 9.17) is 10.5 Å². The minimum Gasteiger partial charge on any atom is -0.383 e. The molecule has 0 heterocycles. The van der Waals surface area contributed by atoms with Gasteiger partial charge >= 0.3 is 0 Å². The van der Waals surface area contributed by atoms with Crippen LogP contribution in [0, 0.1) is 5.92 Å². The summed E-state index contributed by atoms with van der Waals surface area (Å²) in [5.41, 5.74) is 6.73. The van der Waals surface area contributed by atoms with Crippen LogP contribution < -0.4 is 11.1 Å². The third-order valence-electron chi connectivity index (χ3n) is 3.06. The van der Waals surface area contributed by atoms with Crippen LogP contribution in [0.25, 0.3) is 0 Å². The normalized spacial score (nSPS) is 16.5. The van der Waals surface area contributed by atoms with E-state index in [1.54, 1.807) is 19.2 Å². The van der Waals surface area contributed by atoms with Crippen molar-refractivity contribution in [2.75, 3.05) is 19.0 Å². The molecule has 1 saturated carbocycles. The van der Waals surface area contributed by atoms with Gasteiger partial charge in [-0.2, -0.15) is 0 Å². The second kappa shape index (κ2) is 5.19. The van der Waals surface area contributed by atoms with Crippen LogP contribution in [0.15, 0.2) is 24.3 Å². The Morgan fingerprint density at radius 2 is 2.12 bits per heavy atom. The first kappa shape index (κ1) is 11.9. The monoisotopic (exact) mass is 234 g/mol. The number of hydrogen-bond donors (Lipinski definition) is 2. The summed E-state index contributed by atoms with van der Waals surface area (Å²) in [7, 11) is 1.72. The summed E-state index contributed by atoms with van der Waals surface area (Å²) in [6, 6.07) is 7.60. The molecule has 0 aromatic heterocycles. The van der Waals surface area contributed by atoms with Crippen LogP contribution in [0.3, 0.4) is 0 Å². The van der Waals surface area contributed by atoms with Gasteiger partial charge in [-0.05, 0) is 43.0 Å². The molecule has 1 unspecified atom stereocenters. The van der Waals surface area contributed by atoms with Gasteiger partial charge in [-0.15, -0.1) is 0 Å². The number of nitrogens with one attached hydrogen (secondary N) is 1. The van der Waals surface area contributed by atoms with Gasteiger partial charge in [0.05, 0.1) is 12.6 Å². The van der Waals surface area contributed by atoms with Crippen LogP contribution in [0.4, 0.5) is 5.69 Å². The van der Waals surface area contributed by atoms with E-state index in [1.165, 1.54) is 12.8 Å². The number of primary amides is 1. The van der Waals surface area contributed by atoms with E-state index in [2.05, 4.69) is 5.32 Å². The lowest BCUT2D eigenvalue weighted by molar-refractivity contribution is 0.100. The number of anilines is 1. The van der Waals surface area contributed by atoms with Crippen molar-refractivity contribution in [1.82, 2.24) is 0 Å². The molecule has 4 nitrogen and oxygen atoms in total. The molecule has 1 fully saturated rings. The van der Waals surface area contributed by atoms with E-state index in [9.17, 15) is 4.79 Å². The van der Waals surface area contributed by atoms with Gasteiger partial charge in [-0.3, -0.25) is 4.79 Å². The fourth-order valence-corrected chi connectivity index (χ4v) is 1.92. The standard InChI is InChI=1S/C13H18N2O2/c1-17-8-12(9-2-3-9)15-11-6-4-10(5-7-11)13(14)16/h4-7,9,12,15H,2-3,8H2,1H3,(H2,14,16). The van der Waals surface area contributed by atoms with Gasteiger partial charge in [-0.25, -0.2) is 0 Å². The van der Waals surface area contributed by atoms with Crippen molar-refractivity contribution in [3.05, 3.63) is 29.8 Å².